The summed E-state index contributed by atoms with van der Waals surface area (Å²) < 4.78 is 43.2. The van der Waals surface area contributed by atoms with Crippen LogP contribution >= 0.6 is 0 Å². The van der Waals surface area contributed by atoms with Gasteiger partial charge in [0, 0.05) is 24.3 Å². The number of halogens is 3. The number of fused-ring (bicyclic) bond motifs is 1. The summed E-state index contributed by atoms with van der Waals surface area (Å²) in [7, 11) is 0. The van der Waals surface area contributed by atoms with Gasteiger partial charge >= 0.3 is 6.36 Å². The fourth-order valence-corrected chi connectivity index (χ4v) is 4.59. The highest BCUT2D eigenvalue weighted by atomic mass is 19.4. The van der Waals surface area contributed by atoms with Gasteiger partial charge in [0.15, 0.2) is 0 Å². The summed E-state index contributed by atoms with van der Waals surface area (Å²) in [6.07, 6.45) is -2.00. The van der Waals surface area contributed by atoms with Crippen molar-refractivity contribution in [2.45, 2.75) is 57.6 Å². The SMILES string of the molecule is CC(C)N1C(=O)[C@H](NC(=O)[C@@H](Cc2ccccc2OC(F)(F)F)NC(=O)c2ccncn2)CCc2ccccc21. The van der Waals surface area contributed by atoms with Crippen molar-refractivity contribution < 1.29 is 32.3 Å². The Morgan fingerprint density at radius 3 is 2.52 bits per heavy atom. The molecule has 0 fully saturated rings. The molecule has 3 aromatic rings. The number of carbonyl (C=O) groups excluding carboxylic acids is 3. The molecule has 2 N–H and O–H groups in total. The minimum absolute atomic E-state index is 0.0337. The third-order valence-electron chi connectivity index (χ3n) is 6.38. The molecule has 0 saturated carbocycles. The van der Waals surface area contributed by atoms with E-state index in [0.29, 0.717) is 12.8 Å². The minimum atomic E-state index is -4.96. The monoisotopic (exact) mass is 555 g/mol. The van der Waals surface area contributed by atoms with Crippen molar-refractivity contribution in [1.29, 1.82) is 0 Å². The van der Waals surface area contributed by atoms with Crippen molar-refractivity contribution in [1.82, 2.24) is 20.6 Å². The Morgan fingerprint density at radius 2 is 1.82 bits per heavy atom. The molecule has 0 saturated heterocycles. The number of para-hydroxylation sites is 2. The van der Waals surface area contributed by atoms with Gasteiger partial charge in [-0.2, -0.15) is 0 Å². The average Bonchev–Trinajstić information content (AvgIpc) is 3.05. The summed E-state index contributed by atoms with van der Waals surface area (Å²) in [6.45, 7) is 3.72. The van der Waals surface area contributed by atoms with E-state index in [-0.39, 0.29) is 29.6 Å². The maximum absolute atomic E-state index is 13.6. The lowest BCUT2D eigenvalue weighted by molar-refractivity contribution is -0.274. The summed E-state index contributed by atoms with van der Waals surface area (Å²) in [5.41, 5.74) is 1.70. The molecule has 2 atom stereocenters. The quantitative estimate of drug-likeness (QED) is 0.439. The maximum atomic E-state index is 13.6. The molecular formula is C28H28F3N5O4. The van der Waals surface area contributed by atoms with Gasteiger partial charge in [0.05, 0.1) is 0 Å². The predicted octanol–water partition coefficient (Wildman–Crippen LogP) is 3.59. The molecule has 1 aromatic heterocycles. The van der Waals surface area contributed by atoms with E-state index in [4.69, 9.17) is 0 Å². The molecule has 0 radical (unpaired) electrons. The first-order valence-electron chi connectivity index (χ1n) is 12.7. The van der Waals surface area contributed by atoms with Crippen LogP contribution in [0.1, 0.15) is 41.9 Å². The average molecular weight is 556 g/mol. The molecule has 0 bridgehead atoms. The highest BCUT2D eigenvalue weighted by Gasteiger charge is 2.36. The number of alkyl halides is 3. The highest BCUT2D eigenvalue weighted by Crippen LogP contribution is 2.29. The van der Waals surface area contributed by atoms with Crippen LogP contribution in [-0.4, -0.2) is 52.2 Å². The number of benzene rings is 2. The molecule has 1 aliphatic heterocycles. The fraction of sp³-hybridized carbons (Fsp3) is 0.321. The molecule has 2 aromatic carbocycles. The zero-order chi connectivity index (χ0) is 28.9. The lowest BCUT2D eigenvalue weighted by Crippen LogP contribution is -2.55. The molecule has 12 heteroatoms. The van der Waals surface area contributed by atoms with Crippen LogP contribution in [0.4, 0.5) is 18.9 Å². The van der Waals surface area contributed by atoms with Gasteiger partial charge in [-0.15, -0.1) is 13.2 Å². The van der Waals surface area contributed by atoms with Crippen molar-refractivity contribution in [2.75, 3.05) is 4.90 Å². The first-order valence-corrected chi connectivity index (χ1v) is 12.7. The van der Waals surface area contributed by atoms with Crippen LogP contribution in [0, 0.1) is 0 Å². The molecule has 40 heavy (non-hydrogen) atoms. The van der Waals surface area contributed by atoms with Gasteiger partial charge < -0.3 is 20.3 Å². The molecule has 0 aliphatic carbocycles. The number of nitrogens with one attached hydrogen (secondary N) is 2. The number of aromatic nitrogens is 2. The number of nitrogens with zero attached hydrogens (tertiary/aromatic N) is 3. The van der Waals surface area contributed by atoms with Gasteiger partial charge in [0.1, 0.15) is 29.9 Å². The summed E-state index contributed by atoms with van der Waals surface area (Å²) in [5.74, 6) is -2.30. The van der Waals surface area contributed by atoms with Crippen molar-refractivity contribution in [3.8, 4) is 5.75 Å². The normalized spacial score (nSPS) is 16.1. The van der Waals surface area contributed by atoms with E-state index < -0.39 is 36.0 Å². The molecule has 210 valence electrons. The number of carbonyl (C=O) groups is 3. The Morgan fingerprint density at radius 1 is 1.10 bits per heavy atom. The molecular weight excluding hydrogens is 527 g/mol. The van der Waals surface area contributed by atoms with Gasteiger partial charge in [0.2, 0.25) is 11.8 Å². The number of amides is 3. The number of hydrogen-bond donors (Lipinski definition) is 2. The molecule has 2 heterocycles. The Bertz CT molecular complexity index is 1370. The van der Waals surface area contributed by atoms with E-state index in [0.717, 1.165) is 23.6 Å². The van der Waals surface area contributed by atoms with E-state index in [1.54, 1.807) is 4.90 Å². The molecule has 4 rings (SSSR count). The zero-order valence-electron chi connectivity index (χ0n) is 21.8. The van der Waals surface area contributed by atoms with Crippen molar-refractivity contribution in [2.24, 2.45) is 0 Å². The van der Waals surface area contributed by atoms with Crippen molar-refractivity contribution >= 4 is 23.4 Å². The van der Waals surface area contributed by atoms with Crippen molar-refractivity contribution in [3.63, 3.8) is 0 Å². The van der Waals surface area contributed by atoms with Crippen LogP contribution in [0.5, 0.6) is 5.75 Å². The number of rotatable bonds is 8. The Balaban J connectivity index is 1.61. The highest BCUT2D eigenvalue weighted by molar-refractivity contribution is 6.02. The van der Waals surface area contributed by atoms with E-state index in [2.05, 4.69) is 25.3 Å². The molecule has 1 aliphatic rings. The van der Waals surface area contributed by atoms with E-state index in [9.17, 15) is 27.6 Å². The van der Waals surface area contributed by atoms with Crippen LogP contribution in [0.25, 0.3) is 0 Å². The number of aryl methyl sites for hydroxylation is 1. The second-order valence-electron chi connectivity index (χ2n) is 9.51. The first-order chi connectivity index (χ1) is 19.0. The lowest BCUT2D eigenvalue weighted by Gasteiger charge is -2.30. The Kier molecular flexibility index (Phi) is 8.66. The van der Waals surface area contributed by atoms with Crippen LogP contribution < -0.4 is 20.3 Å². The number of ether oxygens (including phenoxy) is 1. The van der Waals surface area contributed by atoms with Gasteiger partial charge in [-0.25, -0.2) is 9.97 Å². The zero-order valence-corrected chi connectivity index (χ0v) is 21.8. The first kappa shape index (κ1) is 28.5. The summed E-state index contributed by atoms with van der Waals surface area (Å²) >= 11 is 0. The van der Waals surface area contributed by atoms with E-state index in [1.165, 1.54) is 30.5 Å². The maximum Gasteiger partial charge on any atom is 0.573 e. The standard InChI is InChI=1S/C28H28F3N5O4/c1-17(2)36-23-9-5-3-7-18(23)11-12-21(27(36)39)34-26(38)22(35-25(37)20-13-14-32-16-33-20)15-19-8-4-6-10-24(19)40-28(29,30)31/h3-10,13-14,16-17,21-22H,11-12,15H2,1-2H3,(H,34,38)(H,35,37)/t21-,22-/m1/s1. The van der Waals surface area contributed by atoms with Gasteiger partial charge in [-0.1, -0.05) is 36.4 Å². The van der Waals surface area contributed by atoms with Crippen molar-refractivity contribution in [3.05, 3.63) is 83.9 Å². The Hall–Kier alpha value is -4.48. The van der Waals surface area contributed by atoms with Crippen LogP contribution in [0.15, 0.2) is 67.1 Å². The summed E-state index contributed by atoms with van der Waals surface area (Å²) in [5, 5.41) is 5.27. The predicted molar refractivity (Wildman–Crippen MR) is 139 cm³/mol. The molecule has 9 nitrogen and oxygen atoms in total. The second-order valence-corrected chi connectivity index (χ2v) is 9.51. The van der Waals surface area contributed by atoms with Gasteiger partial charge in [-0.05, 0) is 56.0 Å². The van der Waals surface area contributed by atoms with E-state index in [1.807, 2.05) is 38.1 Å². The molecule has 3 amide bonds. The fourth-order valence-electron chi connectivity index (χ4n) is 4.59. The van der Waals surface area contributed by atoms with Crippen LogP contribution in [-0.2, 0) is 22.4 Å². The number of anilines is 1. The lowest BCUT2D eigenvalue weighted by atomic mass is 10.0. The smallest absolute Gasteiger partial charge is 0.406 e. The summed E-state index contributed by atoms with van der Waals surface area (Å²) in [4.78, 5) is 49.3. The second kappa shape index (κ2) is 12.1. The third kappa shape index (κ3) is 6.93. The number of hydrogen-bond acceptors (Lipinski definition) is 6. The van der Waals surface area contributed by atoms with Crippen LogP contribution in [0.2, 0.25) is 0 Å². The molecule has 0 unspecified atom stereocenters. The Labute approximate surface area is 228 Å². The molecule has 0 spiro atoms. The van der Waals surface area contributed by atoms with Gasteiger partial charge in [0.25, 0.3) is 5.91 Å². The van der Waals surface area contributed by atoms with Crippen LogP contribution in [0.3, 0.4) is 0 Å². The largest absolute Gasteiger partial charge is 0.573 e. The minimum Gasteiger partial charge on any atom is -0.406 e. The summed E-state index contributed by atoms with van der Waals surface area (Å²) in [6, 6.07) is 11.7. The topological polar surface area (TPSA) is 114 Å². The van der Waals surface area contributed by atoms with Gasteiger partial charge in [-0.3, -0.25) is 14.4 Å². The third-order valence-corrected chi connectivity index (χ3v) is 6.38. The van der Waals surface area contributed by atoms with E-state index >= 15 is 0 Å².